The van der Waals surface area contributed by atoms with Crippen LogP contribution in [0.15, 0.2) is 48.5 Å². The van der Waals surface area contributed by atoms with Crippen LogP contribution in [-0.4, -0.2) is 35.4 Å². The van der Waals surface area contributed by atoms with E-state index in [1.807, 2.05) is 18.2 Å². The molecular weight excluding hydrogens is 398 g/mol. The molecule has 2 heterocycles. The van der Waals surface area contributed by atoms with Gasteiger partial charge in [0.2, 0.25) is 0 Å². The van der Waals surface area contributed by atoms with Gasteiger partial charge in [-0.3, -0.25) is 0 Å². The number of aryl methyl sites for hydroxylation is 1. The van der Waals surface area contributed by atoms with Gasteiger partial charge in [-0.1, -0.05) is 74.7 Å². The molecule has 0 bridgehead atoms. The van der Waals surface area contributed by atoms with Crippen molar-refractivity contribution in [2.45, 2.75) is 64.3 Å². The zero-order valence-electron chi connectivity index (χ0n) is 18.5. The molecule has 0 atom stereocenters. The van der Waals surface area contributed by atoms with Crippen molar-refractivity contribution in [3.8, 4) is 22.5 Å². The number of hydrogen-bond donors (Lipinski definition) is 1. The molecule has 0 aliphatic heterocycles. The van der Waals surface area contributed by atoms with Gasteiger partial charge in [-0.15, -0.1) is 5.10 Å². The number of tetrazole rings is 1. The molecule has 7 heteroatoms. The fourth-order valence-electron chi connectivity index (χ4n) is 4.65. The van der Waals surface area contributed by atoms with Gasteiger partial charge in [0, 0.05) is 24.4 Å². The zero-order chi connectivity index (χ0) is 21.8. The van der Waals surface area contributed by atoms with Crippen molar-refractivity contribution in [2.75, 3.05) is 0 Å². The minimum absolute atomic E-state index is 0.532. The Morgan fingerprint density at radius 3 is 2.47 bits per heavy atom. The standard InChI is InChI=1S/C25H29N7/c1-2-16-32-23(26-24(29-32)20-8-4-3-5-9-20)17-18-12-14-19(15-13-18)21-10-6-7-11-22(21)25-27-30-31-28-25/h6-7,10-15,20H,2-5,8-9,16-17H2,1H3,(H,27,28,30,31). The third-order valence-electron chi connectivity index (χ3n) is 6.33. The highest BCUT2D eigenvalue weighted by Crippen LogP contribution is 2.32. The summed E-state index contributed by atoms with van der Waals surface area (Å²) in [6.45, 7) is 3.12. The molecule has 1 aliphatic rings. The van der Waals surface area contributed by atoms with Crippen molar-refractivity contribution in [3.05, 3.63) is 65.7 Å². The highest BCUT2D eigenvalue weighted by molar-refractivity contribution is 5.80. The summed E-state index contributed by atoms with van der Waals surface area (Å²) in [7, 11) is 0. The summed E-state index contributed by atoms with van der Waals surface area (Å²) in [6.07, 6.45) is 8.27. The van der Waals surface area contributed by atoms with Crippen LogP contribution < -0.4 is 0 Å². The first-order valence-corrected chi connectivity index (χ1v) is 11.7. The topological polar surface area (TPSA) is 85.2 Å². The Morgan fingerprint density at radius 2 is 1.75 bits per heavy atom. The van der Waals surface area contributed by atoms with E-state index in [2.05, 4.69) is 62.6 Å². The predicted octanol–water partition coefficient (Wildman–Crippen LogP) is 5.17. The largest absolute Gasteiger partial charge is 0.249 e. The SMILES string of the molecule is CCCn1nc(C2CCCCC2)nc1Cc1ccc(-c2ccccc2-c2nnn[nH]2)cc1. The number of hydrogen-bond acceptors (Lipinski definition) is 5. The van der Waals surface area contributed by atoms with Crippen LogP contribution in [0.2, 0.25) is 0 Å². The van der Waals surface area contributed by atoms with Gasteiger partial charge in [0.25, 0.3) is 0 Å². The van der Waals surface area contributed by atoms with Gasteiger partial charge in [-0.2, -0.15) is 5.10 Å². The predicted molar refractivity (Wildman–Crippen MR) is 124 cm³/mol. The van der Waals surface area contributed by atoms with Crippen molar-refractivity contribution in [3.63, 3.8) is 0 Å². The fraction of sp³-hybridized carbons (Fsp3) is 0.400. The van der Waals surface area contributed by atoms with Crippen molar-refractivity contribution in [1.82, 2.24) is 35.4 Å². The average molecular weight is 428 g/mol. The number of rotatable bonds is 7. The molecule has 5 rings (SSSR count). The van der Waals surface area contributed by atoms with Crippen LogP contribution >= 0.6 is 0 Å². The van der Waals surface area contributed by atoms with Crippen LogP contribution in [0.4, 0.5) is 0 Å². The first-order chi connectivity index (χ1) is 15.8. The highest BCUT2D eigenvalue weighted by atomic mass is 15.5. The number of aromatic amines is 1. The maximum atomic E-state index is 5.00. The van der Waals surface area contributed by atoms with Gasteiger partial charge in [0.15, 0.2) is 11.6 Å². The second-order valence-electron chi connectivity index (χ2n) is 8.61. The number of nitrogens with zero attached hydrogens (tertiary/aromatic N) is 6. The second kappa shape index (κ2) is 9.42. The van der Waals surface area contributed by atoms with E-state index in [0.29, 0.717) is 11.7 Å². The van der Waals surface area contributed by atoms with Gasteiger partial charge in [-0.05, 0) is 46.4 Å². The summed E-state index contributed by atoms with van der Waals surface area (Å²) in [6, 6.07) is 16.9. The minimum Gasteiger partial charge on any atom is -0.249 e. The molecule has 2 aromatic heterocycles. The lowest BCUT2D eigenvalue weighted by atomic mass is 9.89. The molecule has 7 nitrogen and oxygen atoms in total. The van der Waals surface area contributed by atoms with Crippen LogP contribution in [0.25, 0.3) is 22.5 Å². The summed E-state index contributed by atoms with van der Waals surface area (Å²) in [5.74, 6) is 3.34. The smallest absolute Gasteiger partial charge is 0.180 e. The molecule has 1 N–H and O–H groups in total. The molecule has 1 saturated carbocycles. The summed E-state index contributed by atoms with van der Waals surface area (Å²) in [5.41, 5.74) is 4.47. The van der Waals surface area contributed by atoms with E-state index in [1.54, 1.807) is 0 Å². The molecule has 2 aromatic carbocycles. The van der Waals surface area contributed by atoms with E-state index >= 15 is 0 Å². The first-order valence-electron chi connectivity index (χ1n) is 11.7. The van der Waals surface area contributed by atoms with Crippen LogP contribution in [-0.2, 0) is 13.0 Å². The Kier molecular flexibility index (Phi) is 6.05. The van der Waals surface area contributed by atoms with Crippen molar-refractivity contribution >= 4 is 0 Å². The lowest BCUT2D eigenvalue weighted by molar-refractivity contribution is 0.425. The van der Waals surface area contributed by atoms with E-state index in [0.717, 1.165) is 47.7 Å². The molecule has 32 heavy (non-hydrogen) atoms. The van der Waals surface area contributed by atoms with E-state index < -0.39 is 0 Å². The Bertz CT molecular complexity index is 1140. The molecular formula is C25H29N7. The molecule has 0 unspecified atom stereocenters. The van der Waals surface area contributed by atoms with Crippen molar-refractivity contribution in [2.24, 2.45) is 0 Å². The van der Waals surface area contributed by atoms with Crippen LogP contribution in [0.1, 0.15) is 68.6 Å². The van der Waals surface area contributed by atoms with Gasteiger partial charge >= 0.3 is 0 Å². The second-order valence-corrected chi connectivity index (χ2v) is 8.61. The minimum atomic E-state index is 0.532. The maximum absolute atomic E-state index is 5.00. The van der Waals surface area contributed by atoms with E-state index in [4.69, 9.17) is 10.1 Å². The number of H-pyrrole nitrogens is 1. The monoisotopic (exact) mass is 427 g/mol. The van der Waals surface area contributed by atoms with Crippen molar-refractivity contribution in [1.29, 1.82) is 0 Å². The fourth-order valence-corrected chi connectivity index (χ4v) is 4.65. The Hall–Kier alpha value is -3.35. The summed E-state index contributed by atoms with van der Waals surface area (Å²) in [5, 5.41) is 19.3. The molecule has 0 amide bonds. The van der Waals surface area contributed by atoms with E-state index in [1.165, 1.54) is 37.7 Å². The Morgan fingerprint density at radius 1 is 0.969 bits per heavy atom. The maximum Gasteiger partial charge on any atom is 0.180 e. The lowest BCUT2D eigenvalue weighted by Gasteiger charge is -2.18. The molecule has 0 saturated heterocycles. The van der Waals surface area contributed by atoms with Crippen LogP contribution in [0.3, 0.4) is 0 Å². The van der Waals surface area contributed by atoms with E-state index in [-0.39, 0.29) is 0 Å². The van der Waals surface area contributed by atoms with Gasteiger partial charge in [0.1, 0.15) is 5.82 Å². The van der Waals surface area contributed by atoms with Gasteiger partial charge < -0.3 is 0 Å². The highest BCUT2D eigenvalue weighted by Gasteiger charge is 2.21. The number of nitrogens with one attached hydrogen (secondary N) is 1. The summed E-state index contributed by atoms with van der Waals surface area (Å²) >= 11 is 0. The van der Waals surface area contributed by atoms with Crippen LogP contribution in [0, 0.1) is 0 Å². The van der Waals surface area contributed by atoms with Gasteiger partial charge in [0.05, 0.1) is 0 Å². The number of benzene rings is 2. The zero-order valence-corrected chi connectivity index (χ0v) is 18.5. The molecule has 1 fully saturated rings. The van der Waals surface area contributed by atoms with Gasteiger partial charge in [-0.25, -0.2) is 14.8 Å². The quantitative estimate of drug-likeness (QED) is 0.440. The molecule has 1 aliphatic carbocycles. The average Bonchev–Trinajstić information content (AvgIpc) is 3.51. The molecule has 0 spiro atoms. The summed E-state index contributed by atoms with van der Waals surface area (Å²) in [4.78, 5) is 5.00. The Labute approximate surface area is 188 Å². The third-order valence-corrected chi connectivity index (χ3v) is 6.33. The molecule has 0 radical (unpaired) electrons. The summed E-state index contributed by atoms with van der Waals surface area (Å²) < 4.78 is 2.13. The van der Waals surface area contributed by atoms with Crippen molar-refractivity contribution < 1.29 is 0 Å². The Balaban J connectivity index is 1.38. The van der Waals surface area contributed by atoms with E-state index in [9.17, 15) is 0 Å². The normalized spacial score (nSPS) is 14.7. The van der Waals surface area contributed by atoms with Crippen LogP contribution in [0.5, 0.6) is 0 Å². The third kappa shape index (κ3) is 4.33. The lowest BCUT2D eigenvalue weighted by Crippen LogP contribution is -2.08. The first kappa shape index (κ1) is 20.5. The number of aromatic nitrogens is 7. The molecule has 164 valence electrons. The molecule has 4 aromatic rings.